The van der Waals surface area contributed by atoms with Gasteiger partial charge >= 0.3 is 0 Å². The quantitative estimate of drug-likeness (QED) is 0.608. The molecule has 1 atom stereocenters. The minimum Gasteiger partial charge on any atom is -0.250 e. The molecule has 0 spiro atoms. The Morgan fingerprint density at radius 2 is 2.16 bits per heavy atom. The molecule has 2 heterocycles. The first-order chi connectivity index (χ1) is 8.87. The van der Waals surface area contributed by atoms with Gasteiger partial charge in [-0.25, -0.2) is 18.4 Å². The summed E-state index contributed by atoms with van der Waals surface area (Å²) < 4.78 is 24.1. The van der Waals surface area contributed by atoms with E-state index in [1.54, 1.807) is 22.6 Å². The predicted octanol–water partition coefficient (Wildman–Crippen LogP) is 1.14. The van der Waals surface area contributed by atoms with Crippen molar-refractivity contribution in [1.29, 1.82) is 0 Å². The van der Waals surface area contributed by atoms with Crippen LogP contribution in [0.1, 0.15) is 6.92 Å². The summed E-state index contributed by atoms with van der Waals surface area (Å²) in [5.41, 5.74) is 0.785. The molecule has 8 heteroatoms. The fraction of sp³-hybridized carbons (Fsp3) is 0.545. The molecule has 0 N–H and O–H groups in total. The molecule has 2 aromatic rings. The summed E-state index contributed by atoms with van der Waals surface area (Å²) in [5.74, 6) is 0.983. The van der Waals surface area contributed by atoms with E-state index >= 15 is 0 Å². The SMILES string of the molecule is C[C@@H](CSc1ncnc2c1cnn2C)CS(C)(=O)=O. The van der Waals surface area contributed by atoms with Gasteiger partial charge in [0.1, 0.15) is 21.2 Å². The third-order valence-corrected chi connectivity index (χ3v) is 5.09. The van der Waals surface area contributed by atoms with E-state index in [-0.39, 0.29) is 11.7 Å². The van der Waals surface area contributed by atoms with Gasteiger partial charge in [-0.15, -0.1) is 11.8 Å². The van der Waals surface area contributed by atoms with E-state index in [0.717, 1.165) is 16.1 Å². The van der Waals surface area contributed by atoms with Gasteiger partial charge in [0.25, 0.3) is 0 Å². The lowest BCUT2D eigenvalue weighted by Crippen LogP contribution is -2.13. The molecule has 104 valence electrons. The maximum Gasteiger partial charge on any atom is 0.162 e. The number of aromatic nitrogens is 4. The number of rotatable bonds is 5. The van der Waals surface area contributed by atoms with Crippen LogP contribution >= 0.6 is 11.8 Å². The fourth-order valence-electron chi connectivity index (χ4n) is 1.84. The van der Waals surface area contributed by atoms with Crippen LogP contribution in [-0.2, 0) is 16.9 Å². The Morgan fingerprint density at radius 3 is 2.84 bits per heavy atom. The van der Waals surface area contributed by atoms with Crippen molar-refractivity contribution < 1.29 is 8.42 Å². The number of sulfone groups is 1. The summed E-state index contributed by atoms with van der Waals surface area (Å²) in [4.78, 5) is 8.41. The Hall–Kier alpha value is -1.15. The zero-order chi connectivity index (χ0) is 14.0. The van der Waals surface area contributed by atoms with Crippen molar-refractivity contribution in [2.24, 2.45) is 13.0 Å². The molecule has 0 aliphatic carbocycles. The standard InChI is InChI=1S/C11H16N4O2S2/c1-8(6-19(3,16)17)5-18-11-9-4-14-15(2)10(9)12-7-13-11/h4,7-8H,5-6H2,1-3H3/t8-/m0/s1. The maximum atomic E-state index is 11.2. The Bertz CT molecular complexity index is 681. The van der Waals surface area contributed by atoms with E-state index in [1.807, 2.05) is 14.0 Å². The van der Waals surface area contributed by atoms with Crippen LogP contribution in [0.3, 0.4) is 0 Å². The zero-order valence-electron chi connectivity index (χ0n) is 11.1. The van der Waals surface area contributed by atoms with Crippen LogP contribution in [0.4, 0.5) is 0 Å². The highest BCUT2D eigenvalue weighted by Gasteiger charge is 2.13. The lowest BCUT2D eigenvalue weighted by atomic mass is 10.3. The van der Waals surface area contributed by atoms with E-state index < -0.39 is 9.84 Å². The van der Waals surface area contributed by atoms with Crippen molar-refractivity contribution in [2.75, 3.05) is 17.8 Å². The minimum atomic E-state index is -2.93. The van der Waals surface area contributed by atoms with Crippen LogP contribution in [0.2, 0.25) is 0 Å². The third-order valence-electron chi connectivity index (χ3n) is 2.58. The zero-order valence-corrected chi connectivity index (χ0v) is 12.7. The first-order valence-corrected chi connectivity index (χ1v) is 8.84. The number of nitrogens with zero attached hydrogens (tertiary/aromatic N) is 4. The van der Waals surface area contributed by atoms with E-state index in [2.05, 4.69) is 15.1 Å². The van der Waals surface area contributed by atoms with Crippen LogP contribution in [0.25, 0.3) is 11.0 Å². The lowest BCUT2D eigenvalue weighted by molar-refractivity contribution is 0.589. The first-order valence-electron chi connectivity index (χ1n) is 5.80. The number of thioether (sulfide) groups is 1. The Balaban J connectivity index is 2.10. The molecule has 6 nitrogen and oxygen atoms in total. The average Bonchev–Trinajstić information content (AvgIpc) is 2.67. The Kier molecular flexibility index (Phi) is 4.10. The van der Waals surface area contributed by atoms with Gasteiger partial charge in [0, 0.05) is 19.1 Å². The van der Waals surface area contributed by atoms with Crippen LogP contribution in [-0.4, -0.2) is 45.9 Å². The molecule has 0 aliphatic heterocycles. The topological polar surface area (TPSA) is 77.7 Å². The van der Waals surface area contributed by atoms with Crippen molar-refractivity contribution in [2.45, 2.75) is 11.9 Å². The van der Waals surface area contributed by atoms with Gasteiger partial charge in [0.15, 0.2) is 5.65 Å². The largest absolute Gasteiger partial charge is 0.250 e. The number of hydrogen-bond donors (Lipinski definition) is 0. The minimum absolute atomic E-state index is 0.0849. The molecule has 0 aliphatic rings. The second-order valence-corrected chi connectivity index (χ2v) is 7.89. The molecular weight excluding hydrogens is 284 g/mol. The molecule has 0 fully saturated rings. The van der Waals surface area contributed by atoms with Gasteiger partial charge in [-0.3, -0.25) is 4.68 Å². The summed E-state index contributed by atoms with van der Waals surface area (Å²) >= 11 is 1.54. The summed E-state index contributed by atoms with van der Waals surface area (Å²) in [6, 6.07) is 0. The van der Waals surface area contributed by atoms with Gasteiger partial charge in [-0.1, -0.05) is 6.92 Å². The van der Waals surface area contributed by atoms with Gasteiger partial charge in [-0.05, 0) is 5.92 Å². The highest BCUT2D eigenvalue weighted by atomic mass is 32.2. The molecule has 0 aromatic carbocycles. The maximum absolute atomic E-state index is 11.2. The normalized spacial score (nSPS) is 13.8. The second-order valence-electron chi connectivity index (χ2n) is 4.69. The first kappa shape index (κ1) is 14.3. The number of hydrogen-bond acceptors (Lipinski definition) is 6. The van der Waals surface area contributed by atoms with Gasteiger partial charge in [0.05, 0.1) is 17.3 Å². The fourth-order valence-corrected chi connectivity index (χ4v) is 4.12. The van der Waals surface area contributed by atoms with Gasteiger partial charge < -0.3 is 0 Å². The molecule has 0 amide bonds. The van der Waals surface area contributed by atoms with Crippen molar-refractivity contribution in [3.8, 4) is 0 Å². The van der Waals surface area contributed by atoms with Crippen molar-refractivity contribution in [1.82, 2.24) is 19.7 Å². The molecule has 0 bridgehead atoms. The molecule has 19 heavy (non-hydrogen) atoms. The molecule has 2 aromatic heterocycles. The number of fused-ring (bicyclic) bond motifs is 1. The van der Waals surface area contributed by atoms with Crippen LogP contribution in [0, 0.1) is 5.92 Å². The monoisotopic (exact) mass is 300 g/mol. The molecule has 0 saturated heterocycles. The van der Waals surface area contributed by atoms with E-state index in [4.69, 9.17) is 0 Å². The highest BCUT2D eigenvalue weighted by Crippen LogP contribution is 2.25. The van der Waals surface area contributed by atoms with Crippen molar-refractivity contribution in [3.05, 3.63) is 12.5 Å². The Morgan fingerprint density at radius 1 is 1.42 bits per heavy atom. The van der Waals surface area contributed by atoms with Gasteiger partial charge in [-0.2, -0.15) is 5.10 Å². The van der Waals surface area contributed by atoms with Crippen molar-refractivity contribution in [3.63, 3.8) is 0 Å². The summed E-state index contributed by atoms with van der Waals surface area (Å²) in [7, 11) is -1.10. The summed E-state index contributed by atoms with van der Waals surface area (Å²) in [5, 5.41) is 5.90. The van der Waals surface area contributed by atoms with Crippen LogP contribution in [0.5, 0.6) is 0 Å². The van der Waals surface area contributed by atoms with E-state index in [0.29, 0.717) is 5.75 Å². The molecule has 0 unspecified atom stereocenters. The summed E-state index contributed by atoms with van der Waals surface area (Å²) in [6.07, 6.45) is 4.50. The predicted molar refractivity (Wildman–Crippen MR) is 75.9 cm³/mol. The Labute approximate surface area is 116 Å². The molecule has 0 saturated carbocycles. The summed E-state index contributed by atoms with van der Waals surface area (Å²) in [6.45, 7) is 1.93. The average molecular weight is 300 g/mol. The van der Waals surface area contributed by atoms with Gasteiger partial charge in [0.2, 0.25) is 0 Å². The van der Waals surface area contributed by atoms with Crippen LogP contribution < -0.4 is 0 Å². The lowest BCUT2D eigenvalue weighted by Gasteiger charge is -2.09. The van der Waals surface area contributed by atoms with Crippen LogP contribution in [0.15, 0.2) is 17.6 Å². The number of aryl methyl sites for hydroxylation is 1. The molecule has 0 radical (unpaired) electrons. The van der Waals surface area contributed by atoms with E-state index in [1.165, 1.54) is 12.6 Å². The molecule has 2 rings (SSSR count). The third kappa shape index (κ3) is 3.66. The van der Waals surface area contributed by atoms with Crippen molar-refractivity contribution >= 4 is 32.6 Å². The molecular formula is C11H16N4O2S2. The van der Waals surface area contributed by atoms with E-state index in [9.17, 15) is 8.42 Å². The smallest absolute Gasteiger partial charge is 0.162 e. The highest BCUT2D eigenvalue weighted by molar-refractivity contribution is 7.99. The second kappa shape index (κ2) is 5.46.